The Hall–Kier alpha value is -0.103. The van der Waals surface area contributed by atoms with Gasteiger partial charge in [0.25, 0.3) is 0 Å². The predicted molar refractivity (Wildman–Crippen MR) is 114 cm³/mol. The summed E-state index contributed by atoms with van der Waals surface area (Å²) < 4.78 is 12.7. The van der Waals surface area contributed by atoms with Crippen molar-refractivity contribution >= 4 is 31.5 Å². The normalized spacial score (nSPS) is 21.9. The molecule has 0 spiro atoms. The molecule has 1 aliphatic rings. The van der Waals surface area contributed by atoms with Gasteiger partial charge < -0.3 is 14.5 Å². The maximum absolute atomic E-state index is 6.80. The molecule has 6 heteroatoms. The molecule has 1 saturated heterocycles. The Labute approximate surface area is 169 Å². The minimum Gasteiger partial charge on any atom is -0.409 e. The van der Waals surface area contributed by atoms with Gasteiger partial charge in [-0.2, -0.15) is 0 Å². The molecule has 1 fully saturated rings. The molecule has 26 heavy (non-hydrogen) atoms. The van der Waals surface area contributed by atoms with E-state index in [0.29, 0.717) is 16.6 Å². The molecule has 1 heterocycles. The van der Waals surface area contributed by atoms with E-state index in [1.165, 1.54) is 0 Å². The van der Waals surface area contributed by atoms with E-state index in [-0.39, 0.29) is 11.7 Å². The summed E-state index contributed by atoms with van der Waals surface area (Å²) in [5, 5.41) is 4.93. The lowest BCUT2D eigenvalue weighted by Gasteiger charge is -2.35. The molecule has 1 N–H and O–H groups in total. The first-order chi connectivity index (χ1) is 12.4. The summed E-state index contributed by atoms with van der Waals surface area (Å²) in [5.74, 6) is 0. The lowest BCUT2D eigenvalue weighted by molar-refractivity contribution is 0.0188. The van der Waals surface area contributed by atoms with Crippen molar-refractivity contribution in [3.8, 4) is 0 Å². The van der Waals surface area contributed by atoms with Gasteiger partial charge in [0.1, 0.15) is 0 Å². The SMILES string of the molecule is CC[Si](CC)(CC)OC(CNC[C@]1(C)CCCO1)c1c(Cl)cccc1Cl. The second-order valence-electron chi connectivity index (χ2n) is 7.52. The second kappa shape index (κ2) is 9.90. The first-order valence-electron chi connectivity index (χ1n) is 9.85. The molecule has 0 aromatic heterocycles. The fourth-order valence-electron chi connectivity index (χ4n) is 3.77. The number of benzene rings is 1. The molecule has 1 aromatic carbocycles. The van der Waals surface area contributed by atoms with Gasteiger partial charge in [0.05, 0.1) is 11.7 Å². The van der Waals surface area contributed by atoms with Crippen LogP contribution in [0.3, 0.4) is 0 Å². The maximum Gasteiger partial charge on any atom is 0.192 e. The van der Waals surface area contributed by atoms with Crippen molar-refractivity contribution in [1.29, 1.82) is 0 Å². The van der Waals surface area contributed by atoms with Crippen LogP contribution in [0.5, 0.6) is 0 Å². The minimum atomic E-state index is -1.80. The Bertz CT molecular complexity index is 546. The molecule has 0 bridgehead atoms. The number of halogens is 2. The Balaban J connectivity index is 2.18. The van der Waals surface area contributed by atoms with Crippen LogP contribution >= 0.6 is 23.2 Å². The summed E-state index contributed by atoms with van der Waals surface area (Å²) in [6.07, 6.45) is 2.09. The molecule has 1 aliphatic heterocycles. The van der Waals surface area contributed by atoms with Gasteiger partial charge >= 0.3 is 0 Å². The average Bonchev–Trinajstić information content (AvgIpc) is 3.06. The summed E-state index contributed by atoms with van der Waals surface area (Å²) in [4.78, 5) is 0. The van der Waals surface area contributed by atoms with E-state index in [1.54, 1.807) is 0 Å². The number of nitrogens with one attached hydrogen (secondary N) is 1. The van der Waals surface area contributed by atoms with Crippen LogP contribution in [0.1, 0.15) is 52.2 Å². The number of ether oxygens (including phenoxy) is 1. The van der Waals surface area contributed by atoms with Gasteiger partial charge in [-0.05, 0) is 50.0 Å². The Kier molecular flexibility index (Phi) is 8.45. The van der Waals surface area contributed by atoms with Gasteiger partial charge in [-0.3, -0.25) is 0 Å². The molecule has 0 radical (unpaired) electrons. The smallest absolute Gasteiger partial charge is 0.192 e. The molecule has 0 saturated carbocycles. The van der Waals surface area contributed by atoms with E-state index >= 15 is 0 Å². The first kappa shape index (κ1) is 22.2. The highest BCUT2D eigenvalue weighted by molar-refractivity contribution is 6.73. The van der Waals surface area contributed by atoms with E-state index in [4.69, 9.17) is 32.4 Å². The Morgan fingerprint density at radius 2 is 1.81 bits per heavy atom. The average molecular weight is 418 g/mol. The molecule has 0 aliphatic carbocycles. The molecule has 0 amide bonds. The molecular weight excluding hydrogens is 385 g/mol. The summed E-state index contributed by atoms with van der Waals surface area (Å²) in [7, 11) is -1.80. The van der Waals surface area contributed by atoms with Crippen molar-refractivity contribution in [2.24, 2.45) is 0 Å². The van der Waals surface area contributed by atoms with Crippen molar-refractivity contribution < 1.29 is 9.16 Å². The molecule has 1 aromatic rings. The van der Waals surface area contributed by atoms with Crippen molar-refractivity contribution in [1.82, 2.24) is 5.32 Å². The van der Waals surface area contributed by atoms with E-state index in [0.717, 1.165) is 49.7 Å². The van der Waals surface area contributed by atoms with Crippen LogP contribution in [0.25, 0.3) is 0 Å². The van der Waals surface area contributed by atoms with Crippen molar-refractivity contribution in [2.45, 2.75) is 70.4 Å². The van der Waals surface area contributed by atoms with E-state index in [2.05, 4.69) is 33.0 Å². The highest BCUT2D eigenvalue weighted by atomic mass is 35.5. The maximum atomic E-state index is 6.80. The van der Waals surface area contributed by atoms with Crippen molar-refractivity contribution in [3.05, 3.63) is 33.8 Å². The fraction of sp³-hybridized carbons (Fsp3) is 0.700. The largest absolute Gasteiger partial charge is 0.409 e. The lowest BCUT2D eigenvalue weighted by Crippen LogP contribution is -2.43. The molecule has 148 valence electrons. The highest BCUT2D eigenvalue weighted by Crippen LogP contribution is 2.36. The van der Waals surface area contributed by atoms with Crippen LogP contribution < -0.4 is 5.32 Å². The number of hydrogen-bond acceptors (Lipinski definition) is 3. The molecule has 2 atom stereocenters. The van der Waals surface area contributed by atoms with E-state index in [9.17, 15) is 0 Å². The zero-order valence-electron chi connectivity index (χ0n) is 16.5. The van der Waals surface area contributed by atoms with E-state index < -0.39 is 8.32 Å². The van der Waals surface area contributed by atoms with Gasteiger partial charge in [-0.1, -0.05) is 50.0 Å². The van der Waals surface area contributed by atoms with Gasteiger partial charge in [0.2, 0.25) is 0 Å². The standard InChI is InChI=1S/C20H33Cl2NO2Si/c1-5-26(6-2,7-3)25-18(19-16(21)10-8-11-17(19)22)14-23-15-20(4)12-9-13-24-20/h8,10-11,18,23H,5-7,9,12-15H2,1-4H3/t18?,20-/m0/s1. The van der Waals surface area contributed by atoms with Crippen molar-refractivity contribution in [2.75, 3.05) is 19.7 Å². The summed E-state index contributed by atoms with van der Waals surface area (Å²) in [6, 6.07) is 8.97. The predicted octanol–water partition coefficient (Wildman–Crippen LogP) is 6.22. The van der Waals surface area contributed by atoms with Crippen LogP contribution in [-0.2, 0) is 9.16 Å². The number of rotatable bonds is 10. The van der Waals surface area contributed by atoms with Crippen LogP contribution in [0.4, 0.5) is 0 Å². The van der Waals surface area contributed by atoms with Crippen LogP contribution in [0, 0.1) is 0 Å². The quantitative estimate of drug-likeness (QED) is 0.458. The van der Waals surface area contributed by atoms with Crippen LogP contribution in [-0.4, -0.2) is 33.6 Å². The third-order valence-corrected chi connectivity index (χ3v) is 11.1. The second-order valence-corrected chi connectivity index (χ2v) is 13.1. The zero-order chi connectivity index (χ0) is 19.2. The van der Waals surface area contributed by atoms with Crippen molar-refractivity contribution in [3.63, 3.8) is 0 Å². The lowest BCUT2D eigenvalue weighted by atomic mass is 10.0. The monoisotopic (exact) mass is 417 g/mol. The van der Waals surface area contributed by atoms with Crippen LogP contribution in [0.15, 0.2) is 18.2 Å². The van der Waals surface area contributed by atoms with Gasteiger partial charge in [-0.15, -0.1) is 0 Å². The van der Waals surface area contributed by atoms with Gasteiger partial charge in [0.15, 0.2) is 8.32 Å². The molecule has 2 rings (SSSR count). The Morgan fingerprint density at radius 3 is 2.31 bits per heavy atom. The summed E-state index contributed by atoms with van der Waals surface area (Å²) in [5.41, 5.74) is 0.830. The zero-order valence-corrected chi connectivity index (χ0v) is 19.1. The third-order valence-electron chi connectivity index (χ3n) is 5.78. The minimum absolute atomic E-state index is 0.0797. The summed E-state index contributed by atoms with van der Waals surface area (Å²) in [6.45, 7) is 11.3. The number of hydrogen-bond donors (Lipinski definition) is 1. The fourth-order valence-corrected chi connectivity index (χ4v) is 7.21. The molecule has 1 unspecified atom stereocenters. The summed E-state index contributed by atoms with van der Waals surface area (Å²) >= 11 is 13.0. The Morgan fingerprint density at radius 1 is 1.19 bits per heavy atom. The van der Waals surface area contributed by atoms with Gasteiger partial charge in [0, 0.05) is 35.3 Å². The van der Waals surface area contributed by atoms with E-state index in [1.807, 2.05) is 18.2 Å². The molecular formula is C20H33Cl2NO2Si. The first-order valence-corrected chi connectivity index (χ1v) is 13.1. The highest BCUT2D eigenvalue weighted by Gasteiger charge is 2.35. The van der Waals surface area contributed by atoms with Crippen LogP contribution in [0.2, 0.25) is 28.2 Å². The third kappa shape index (κ3) is 5.46. The molecule has 3 nitrogen and oxygen atoms in total. The topological polar surface area (TPSA) is 30.5 Å². The van der Waals surface area contributed by atoms with Gasteiger partial charge in [-0.25, -0.2) is 0 Å².